The average molecular weight is 273 g/mol. The minimum absolute atomic E-state index is 0.0778. The summed E-state index contributed by atoms with van der Waals surface area (Å²) in [6.07, 6.45) is 2.21. The van der Waals surface area contributed by atoms with Gasteiger partial charge in [0.25, 0.3) is 0 Å². The minimum Gasteiger partial charge on any atom is -0.497 e. The molecule has 1 heterocycles. The standard InChI is InChI=1S/C15H15NO4/c1-19-10-3-5-11-9(8-10)2-4-12-13(6-7-14(17)18)16-20-15(11)12/h3,5,8H,2,4,6-7H2,1H3,(H,17,18). The zero-order valence-electron chi connectivity index (χ0n) is 11.2. The van der Waals surface area contributed by atoms with Crippen LogP contribution in [0.15, 0.2) is 22.7 Å². The highest BCUT2D eigenvalue weighted by Gasteiger charge is 2.24. The maximum Gasteiger partial charge on any atom is 0.303 e. The summed E-state index contributed by atoms with van der Waals surface area (Å²) in [5.74, 6) is 0.787. The first kappa shape index (κ1) is 12.7. The van der Waals surface area contributed by atoms with Gasteiger partial charge in [0.1, 0.15) is 5.75 Å². The number of rotatable bonds is 4. The van der Waals surface area contributed by atoms with Crippen LogP contribution < -0.4 is 4.74 Å². The molecule has 5 heteroatoms. The zero-order valence-corrected chi connectivity index (χ0v) is 11.2. The third kappa shape index (κ3) is 2.15. The molecule has 0 fully saturated rings. The fraction of sp³-hybridized carbons (Fsp3) is 0.333. The molecule has 104 valence electrons. The molecule has 2 aromatic rings. The van der Waals surface area contributed by atoms with E-state index < -0.39 is 5.97 Å². The van der Waals surface area contributed by atoms with Crippen molar-refractivity contribution in [3.8, 4) is 17.1 Å². The second kappa shape index (κ2) is 5.00. The van der Waals surface area contributed by atoms with Crippen LogP contribution in [0.5, 0.6) is 5.75 Å². The summed E-state index contributed by atoms with van der Waals surface area (Å²) >= 11 is 0. The van der Waals surface area contributed by atoms with Crippen molar-refractivity contribution in [3.05, 3.63) is 35.0 Å². The minimum atomic E-state index is -0.817. The summed E-state index contributed by atoms with van der Waals surface area (Å²) in [6, 6.07) is 5.88. The molecule has 3 rings (SSSR count). The van der Waals surface area contributed by atoms with E-state index in [1.54, 1.807) is 7.11 Å². The Morgan fingerprint density at radius 2 is 2.30 bits per heavy atom. The number of ether oxygens (including phenoxy) is 1. The first-order chi connectivity index (χ1) is 9.69. The second-order valence-electron chi connectivity index (χ2n) is 4.85. The Bertz CT molecular complexity index is 660. The Hall–Kier alpha value is -2.30. The number of benzene rings is 1. The summed E-state index contributed by atoms with van der Waals surface area (Å²) in [6.45, 7) is 0. The van der Waals surface area contributed by atoms with E-state index in [2.05, 4.69) is 5.16 Å². The van der Waals surface area contributed by atoms with E-state index in [-0.39, 0.29) is 6.42 Å². The molecule has 0 aliphatic heterocycles. The van der Waals surface area contributed by atoms with Crippen LogP contribution in [0.1, 0.15) is 23.2 Å². The van der Waals surface area contributed by atoms with Gasteiger partial charge in [-0.2, -0.15) is 0 Å². The molecule has 1 aromatic carbocycles. The topological polar surface area (TPSA) is 72.6 Å². The number of aryl methyl sites for hydroxylation is 2. The van der Waals surface area contributed by atoms with Crippen molar-refractivity contribution in [2.24, 2.45) is 0 Å². The lowest BCUT2D eigenvalue weighted by molar-refractivity contribution is -0.136. The molecule has 20 heavy (non-hydrogen) atoms. The molecular weight excluding hydrogens is 258 g/mol. The van der Waals surface area contributed by atoms with Gasteiger partial charge in [0, 0.05) is 17.5 Å². The van der Waals surface area contributed by atoms with Crippen LogP contribution in [-0.2, 0) is 24.1 Å². The average Bonchev–Trinajstić information content (AvgIpc) is 2.87. The predicted molar refractivity (Wildman–Crippen MR) is 71.9 cm³/mol. The molecule has 0 amide bonds. The number of fused-ring (bicyclic) bond motifs is 3. The van der Waals surface area contributed by atoms with E-state index >= 15 is 0 Å². The molecule has 0 atom stereocenters. The van der Waals surface area contributed by atoms with Crippen LogP contribution in [0.4, 0.5) is 0 Å². The number of aromatic nitrogens is 1. The van der Waals surface area contributed by atoms with Crippen LogP contribution in [0.25, 0.3) is 11.3 Å². The lowest BCUT2D eigenvalue weighted by Crippen LogP contribution is -2.06. The number of aliphatic carboxylic acids is 1. The Morgan fingerprint density at radius 1 is 1.45 bits per heavy atom. The summed E-state index contributed by atoms with van der Waals surface area (Å²) < 4.78 is 10.7. The fourth-order valence-corrected chi connectivity index (χ4v) is 2.62. The fourth-order valence-electron chi connectivity index (χ4n) is 2.62. The van der Waals surface area contributed by atoms with Crippen molar-refractivity contribution in [2.45, 2.75) is 25.7 Å². The quantitative estimate of drug-likeness (QED) is 0.926. The van der Waals surface area contributed by atoms with Crippen molar-refractivity contribution in [1.82, 2.24) is 5.16 Å². The summed E-state index contributed by atoms with van der Waals surface area (Å²) in [5, 5.41) is 12.8. The monoisotopic (exact) mass is 273 g/mol. The van der Waals surface area contributed by atoms with Crippen LogP contribution >= 0.6 is 0 Å². The SMILES string of the molecule is COc1ccc2c(c1)CCc1c(CCC(=O)O)noc1-2. The second-order valence-corrected chi connectivity index (χ2v) is 4.85. The highest BCUT2D eigenvalue weighted by Crippen LogP contribution is 2.37. The van der Waals surface area contributed by atoms with Crippen LogP contribution in [0.3, 0.4) is 0 Å². The van der Waals surface area contributed by atoms with Crippen molar-refractivity contribution >= 4 is 5.97 Å². The molecule has 1 aliphatic carbocycles. The highest BCUT2D eigenvalue weighted by molar-refractivity contribution is 5.70. The normalized spacial score (nSPS) is 12.7. The first-order valence-corrected chi connectivity index (χ1v) is 6.55. The number of methoxy groups -OCH3 is 1. The van der Waals surface area contributed by atoms with Gasteiger partial charge in [-0.3, -0.25) is 4.79 Å². The van der Waals surface area contributed by atoms with Gasteiger partial charge in [0.05, 0.1) is 19.2 Å². The van der Waals surface area contributed by atoms with Gasteiger partial charge in [0.2, 0.25) is 0 Å². The Morgan fingerprint density at radius 3 is 3.05 bits per heavy atom. The van der Waals surface area contributed by atoms with Crippen molar-refractivity contribution < 1.29 is 19.2 Å². The molecule has 0 saturated heterocycles. The lowest BCUT2D eigenvalue weighted by Gasteiger charge is -2.15. The number of nitrogens with zero attached hydrogens (tertiary/aromatic N) is 1. The lowest BCUT2D eigenvalue weighted by atomic mass is 9.89. The number of carboxylic acid groups (broad SMARTS) is 1. The molecule has 1 aliphatic rings. The summed E-state index contributed by atoms with van der Waals surface area (Å²) in [5.41, 5.74) is 4.02. The molecule has 0 unspecified atom stereocenters. The Balaban J connectivity index is 1.95. The maximum absolute atomic E-state index is 10.7. The molecule has 0 spiro atoms. The molecular formula is C15H15NO4. The Labute approximate surface area is 116 Å². The van der Waals surface area contributed by atoms with Crippen molar-refractivity contribution in [3.63, 3.8) is 0 Å². The molecule has 1 aromatic heterocycles. The van der Waals surface area contributed by atoms with Crippen LogP contribution in [-0.4, -0.2) is 23.3 Å². The number of carboxylic acids is 1. The molecule has 0 radical (unpaired) electrons. The predicted octanol–water partition coefficient (Wildman–Crippen LogP) is 2.47. The molecule has 0 saturated carbocycles. The zero-order chi connectivity index (χ0) is 14.1. The van der Waals surface area contributed by atoms with E-state index in [9.17, 15) is 4.79 Å². The van der Waals surface area contributed by atoms with E-state index in [0.29, 0.717) is 6.42 Å². The van der Waals surface area contributed by atoms with Crippen LogP contribution in [0.2, 0.25) is 0 Å². The van der Waals surface area contributed by atoms with Gasteiger partial charge in [-0.15, -0.1) is 0 Å². The summed E-state index contributed by atoms with van der Waals surface area (Å²) in [4.78, 5) is 10.7. The van der Waals surface area contributed by atoms with E-state index in [1.165, 1.54) is 5.56 Å². The third-order valence-corrected chi connectivity index (χ3v) is 3.65. The van der Waals surface area contributed by atoms with Gasteiger partial charge in [-0.05, 0) is 36.6 Å². The van der Waals surface area contributed by atoms with Gasteiger partial charge in [-0.1, -0.05) is 5.16 Å². The largest absolute Gasteiger partial charge is 0.497 e. The van der Waals surface area contributed by atoms with E-state index in [4.69, 9.17) is 14.4 Å². The maximum atomic E-state index is 10.7. The van der Waals surface area contributed by atoms with E-state index in [0.717, 1.165) is 41.2 Å². The van der Waals surface area contributed by atoms with Gasteiger partial charge >= 0.3 is 5.97 Å². The number of hydrogen-bond donors (Lipinski definition) is 1. The molecule has 5 nitrogen and oxygen atoms in total. The van der Waals surface area contributed by atoms with Gasteiger partial charge in [0.15, 0.2) is 5.76 Å². The third-order valence-electron chi connectivity index (χ3n) is 3.65. The number of hydrogen-bond acceptors (Lipinski definition) is 4. The van der Waals surface area contributed by atoms with Crippen molar-refractivity contribution in [1.29, 1.82) is 0 Å². The van der Waals surface area contributed by atoms with Gasteiger partial charge < -0.3 is 14.4 Å². The number of carbonyl (C=O) groups is 1. The van der Waals surface area contributed by atoms with Gasteiger partial charge in [-0.25, -0.2) is 0 Å². The molecule has 1 N–H and O–H groups in total. The Kier molecular flexibility index (Phi) is 3.18. The smallest absolute Gasteiger partial charge is 0.303 e. The highest BCUT2D eigenvalue weighted by atomic mass is 16.5. The van der Waals surface area contributed by atoms with Crippen LogP contribution in [0, 0.1) is 0 Å². The van der Waals surface area contributed by atoms with E-state index in [1.807, 2.05) is 18.2 Å². The summed E-state index contributed by atoms with van der Waals surface area (Å²) in [7, 11) is 1.65. The molecule has 0 bridgehead atoms. The first-order valence-electron chi connectivity index (χ1n) is 6.55. The van der Waals surface area contributed by atoms with Crippen molar-refractivity contribution in [2.75, 3.05) is 7.11 Å².